The van der Waals surface area contributed by atoms with Crippen LogP contribution in [-0.4, -0.2) is 34.5 Å². The number of hydrogen-bond acceptors (Lipinski definition) is 2. The average Bonchev–Trinajstić information content (AvgIpc) is 3.02. The first-order chi connectivity index (χ1) is 11.7. The van der Waals surface area contributed by atoms with Crippen LogP contribution in [0.25, 0.3) is 22.2 Å². The van der Waals surface area contributed by atoms with E-state index in [0.717, 1.165) is 25.9 Å². The van der Waals surface area contributed by atoms with Gasteiger partial charge in [0.15, 0.2) is 0 Å². The molecule has 3 aromatic rings. The van der Waals surface area contributed by atoms with Gasteiger partial charge in [0.1, 0.15) is 0 Å². The zero-order valence-corrected chi connectivity index (χ0v) is 14.1. The van der Waals surface area contributed by atoms with Crippen molar-refractivity contribution in [2.45, 2.75) is 25.7 Å². The number of hydrogen-bond donors (Lipinski definition) is 1. The van der Waals surface area contributed by atoms with Crippen LogP contribution in [0.4, 0.5) is 0 Å². The Bertz CT molecular complexity index is 820. The fourth-order valence-corrected chi connectivity index (χ4v) is 3.92. The molecule has 1 aliphatic heterocycles. The van der Waals surface area contributed by atoms with Crippen molar-refractivity contribution in [2.24, 2.45) is 0 Å². The maximum Gasteiger partial charge on any atom is 0.376 e. The zero-order chi connectivity index (χ0) is 16.5. The van der Waals surface area contributed by atoms with Crippen molar-refractivity contribution in [1.82, 2.24) is 9.38 Å². The summed E-state index contributed by atoms with van der Waals surface area (Å²) in [4.78, 5) is 2.16. The highest BCUT2D eigenvalue weighted by molar-refractivity contribution is 6.45. The van der Waals surface area contributed by atoms with Gasteiger partial charge in [0.25, 0.3) is 0 Å². The molecule has 1 fully saturated rings. The van der Waals surface area contributed by atoms with Crippen LogP contribution in [0.15, 0.2) is 60.7 Å². The third-order valence-electron chi connectivity index (χ3n) is 5.21. The summed E-state index contributed by atoms with van der Waals surface area (Å²) in [6.07, 6.45) is 2.15. The third kappa shape index (κ3) is 2.76. The van der Waals surface area contributed by atoms with Crippen LogP contribution in [-0.2, 0) is 0 Å². The van der Waals surface area contributed by atoms with Gasteiger partial charge < -0.3 is 14.4 Å². The van der Waals surface area contributed by atoms with Gasteiger partial charge in [0, 0.05) is 22.6 Å². The summed E-state index contributed by atoms with van der Waals surface area (Å²) in [5, 5.41) is 11.1. The van der Waals surface area contributed by atoms with Gasteiger partial charge in [-0.25, -0.2) is 0 Å². The molecule has 0 saturated carbocycles. The van der Waals surface area contributed by atoms with Gasteiger partial charge in [-0.3, -0.25) is 0 Å². The monoisotopic (exact) mass is 318 g/mol. The molecular weight excluding hydrogens is 295 g/mol. The molecule has 24 heavy (non-hydrogen) atoms. The van der Waals surface area contributed by atoms with Crippen LogP contribution in [0.1, 0.15) is 18.9 Å². The van der Waals surface area contributed by atoms with Gasteiger partial charge >= 0.3 is 7.05 Å². The molecule has 0 spiro atoms. The first-order valence-electron chi connectivity index (χ1n) is 8.81. The number of aromatic nitrogens is 1. The number of nitrogens with zero attached hydrogens (tertiary/aromatic N) is 2. The summed E-state index contributed by atoms with van der Waals surface area (Å²) >= 11 is 0. The predicted octanol–water partition coefficient (Wildman–Crippen LogP) is 4.06. The van der Waals surface area contributed by atoms with Crippen molar-refractivity contribution in [2.75, 3.05) is 13.1 Å². The Kier molecular flexibility index (Phi) is 4.17. The zero-order valence-electron chi connectivity index (χ0n) is 14.1. The van der Waals surface area contributed by atoms with Crippen LogP contribution in [0.2, 0.25) is 6.82 Å². The minimum atomic E-state index is -0.346. The lowest BCUT2D eigenvalue weighted by Gasteiger charge is -2.34. The van der Waals surface area contributed by atoms with Gasteiger partial charge in [-0.1, -0.05) is 48.5 Å². The lowest BCUT2D eigenvalue weighted by atomic mass is 9.82. The Morgan fingerprint density at radius 1 is 0.958 bits per heavy atom. The van der Waals surface area contributed by atoms with E-state index in [1.165, 1.54) is 22.2 Å². The number of rotatable bonds is 3. The SMILES string of the molecule is CB(O)N1CCC(n2c(-c3ccccc3)cc3ccccc32)CC1. The van der Waals surface area contributed by atoms with E-state index in [4.69, 9.17) is 0 Å². The van der Waals surface area contributed by atoms with Crippen LogP contribution >= 0.6 is 0 Å². The number of benzene rings is 2. The summed E-state index contributed by atoms with van der Waals surface area (Å²) in [7, 11) is -0.346. The van der Waals surface area contributed by atoms with Crippen LogP contribution in [0.5, 0.6) is 0 Å². The van der Waals surface area contributed by atoms with Crippen LogP contribution in [0, 0.1) is 0 Å². The first kappa shape index (κ1) is 15.5. The average molecular weight is 318 g/mol. The van der Waals surface area contributed by atoms with Crippen LogP contribution in [0.3, 0.4) is 0 Å². The first-order valence-corrected chi connectivity index (χ1v) is 8.81. The summed E-state index contributed by atoms with van der Waals surface area (Å²) in [5.41, 5.74) is 3.88. The molecule has 1 aliphatic rings. The summed E-state index contributed by atoms with van der Waals surface area (Å²) in [5.74, 6) is 0. The Balaban J connectivity index is 1.77. The molecule has 122 valence electrons. The van der Waals surface area contributed by atoms with Crippen molar-refractivity contribution in [1.29, 1.82) is 0 Å². The van der Waals surface area contributed by atoms with E-state index in [-0.39, 0.29) is 7.05 Å². The minimum absolute atomic E-state index is 0.346. The highest BCUT2D eigenvalue weighted by Gasteiger charge is 2.27. The van der Waals surface area contributed by atoms with Crippen LogP contribution < -0.4 is 0 Å². The standard InChI is InChI=1S/C20H23BN2O/c1-21(24)22-13-11-18(12-14-22)23-19-10-6-5-9-17(19)15-20(23)16-7-3-2-4-8-16/h2-10,15,18,24H,11-14H2,1H3. The molecule has 0 unspecified atom stereocenters. The third-order valence-corrected chi connectivity index (χ3v) is 5.21. The molecule has 0 bridgehead atoms. The molecule has 4 rings (SSSR count). The van der Waals surface area contributed by atoms with E-state index in [1.807, 2.05) is 6.82 Å². The fourth-order valence-electron chi connectivity index (χ4n) is 3.92. The number of piperidine rings is 1. The van der Waals surface area contributed by atoms with Crippen molar-refractivity contribution in [3.8, 4) is 11.3 Å². The highest BCUT2D eigenvalue weighted by Crippen LogP contribution is 2.35. The number of fused-ring (bicyclic) bond motifs is 1. The normalized spacial score (nSPS) is 16.6. The van der Waals surface area contributed by atoms with Gasteiger partial charge in [-0.2, -0.15) is 0 Å². The lowest BCUT2D eigenvalue weighted by Crippen LogP contribution is -2.43. The van der Waals surface area contributed by atoms with E-state index in [9.17, 15) is 5.02 Å². The molecule has 1 aromatic heterocycles. The molecular formula is C20H23BN2O. The van der Waals surface area contributed by atoms with E-state index < -0.39 is 0 Å². The second-order valence-corrected chi connectivity index (χ2v) is 6.72. The molecule has 0 atom stereocenters. The van der Waals surface area contributed by atoms with Crippen molar-refractivity contribution in [3.05, 3.63) is 60.7 Å². The Morgan fingerprint density at radius 3 is 2.33 bits per heavy atom. The van der Waals surface area contributed by atoms with E-state index in [1.54, 1.807) is 0 Å². The Labute approximate surface area is 143 Å². The fraction of sp³-hybridized carbons (Fsp3) is 0.300. The smallest absolute Gasteiger partial charge is 0.376 e. The largest absolute Gasteiger partial charge is 0.437 e. The topological polar surface area (TPSA) is 28.4 Å². The van der Waals surface area contributed by atoms with Crippen molar-refractivity contribution < 1.29 is 5.02 Å². The second kappa shape index (κ2) is 6.46. The molecule has 2 aromatic carbocycles. The minimum Gasteiger partial charge on any atom is -0.437 e. The highest BCUT2D eigenvalue weighted by atomic mass is 16.2. The van der Waals surface area contributed by atoms with E-state index in [0.29, 0.717) is 6.04 Å². The molecule has 0 aliphatic carbocycles. The summed E-state index contributed by atoms with van der Waals surface area (Å²) < 4.78 is 2.52. The molecule has 0 radical (unpaired) electrons. The maximum absolute atomic E-state index is 9.82. The molecule has 1 N–H and O–H groups in total. The molecule has 0 amide bonds. The van der Waals surface area contributed by atoms with Gasteiger partial charge in [0.05, 0.1) is 0 Å². The Morgan fingerprint density at radius 2 is 1.62 bits per heavy atom. The number of para-hydroxylation sites is 1. The van der Waals surface area contributed by atoms with E-state index in [2.05, 4.69) is 70.0 Å². The Hall–Kier alpha value is -2.04. The lowest BCUT2D eigenvalue weighted by molar-refractivity contribution is 0.256. The van der Waals surface area contributed by atoms with Gasteiger partial charge in [0.2, 0.25) is 0 Å². The molecule has 3 nitrogen and oxygen atoms in total. The predicted molar refractivity (Wildman–Crippen MR) is 101 cm³/mol. The molecule has 4 heteroatoms. The summed E-state index contributed by atoms with van der Waals surface area (Å²) in [6.45, 7) is 3.76. The quantitative estimate of drug-likeness (QED) is 0.738. The van der Waals surface area contributed by atoms with Gasteiger partial charge in [-0.15, -0.1) is 0 Å². The second-order valence-electron chi connectivity index (χ2n) is 6.72. The van der Waals surface area contributed by atoms with Crippen molar-refractivity contribution >= 4 is 18.0 Å². The van der Waals surface area contributed by atoms with Gasteiger partial charge in [-0.05, 0) is 50.5 Å². The summed E-state index contributed by atoms with van der Waals surface area (Å²) in [6, 6.07) is 22.1. The maximum atomic E-state index is 9.82. The molecule has 1 saturated heterocycles. The molecule has 2 heterocycles. The van der Waals surface area contributed by atoms with Crippen molar-refractivity contribution in [3.63, 3.8) is 0 Å². The van der Waals surface area contributed by atoms with E-state index >= 15 is 0 Å².